The van der Waals surface area contributed by atoms with Crippen molar-refractivity contribution >= 4 is 11.8 Å². The molecule has 1 heterocycles. The predicted molar refractivity (Wildman–Crippen MR) is 108 cm³/mol. The summed E-state index contributed by atoms with van der Waals surface area (Å²) in [6.07, 6.45) is 4.49. The van der Waals surface area contributed by atoms with Crippen LogP contribution < -0.4 is 0 Å². The van der Waals surface area contributed by atoms with Crippen molar-refractivity contribution in [3.05, 3.63) is 33.6 Å². The number of hydrogen-bond acceptors (Lipinski definition) is 1. The minimum Gasteiger partial charge on any atom is -0.102 e. The van der Waals surface area contributed by atoms with Crippen LogP contribution in [0.4, 0.5) is 0 Å². The molecule has 1 heteroatoms. The largest absolute Gasteiger partial charge is 0.102 e. The molecule has 0 aromatic carbocycles. The monoisotopic (exact) mass is 324 g/mol. The fourth-order valence-electron chi connectivity index (χ4n) is 2.12. The van der Waals surface area contributed by atoms with E-state index in [1.165, 1.54) is 5.57 Å². The van der Waals surface area contributed by atoms with E-state index in [1.54, 1.807) is 10.5 Å². The maximum atomic E-state index is 2.31. The third-order valence-electron chi connectivity index (χ3n) is 2.85. The highest BCUT2D eigenvalue weighted by atomic mass is 32.2. The summed E-state index contributed by atoms with van der Waals surface area (Å²) < 4.78 is 0. The molecule has 0 aromatic heterocycles. The lowest BCUT2D eigenvalue weighted by Gasteiger charge is -2.23. The lowest BCUT2D eigenvalue weighted by atomic mass is 9.86. The summed E-state index contributed by atoms with van der Waals surface area (Å²) in [4.78, 5) is 1.55. The SMILES string of the molecule is CC.CC(C)C.CC(C)C1=CC=CSC(C(C)C)=C1C(C)C. The maximum Gasteiger partial charge on any atom is -0.00454 e. The molecule has 1 aliphatic heterocycles. The maximum absolute atomic E-state index is 2.31. The Morgan fingerprint density at radius 1 is 0.727 bits per heavy atom. The van der Waals surface area contributed by atoms with Gasteiger partial charge in [0.15, 0.2) is 0 Å². The Morgan fingerprint density at radius 3 is 1.50 bits per heavy atom. The summed E-state index contributed by atoms with van der Waals surface area (Å²) in [7, 11) is 0. The van der Waals surface area contributed by atoms with E-state index in [1.807, 2.05) is 25.6 Å². The van der Waals surface area contributed by atoms with E-state index >= 15 is 0 Å². The van der Waals surface area contributed by atoms with Crippen LogP contribution in [0.2, 0.25) is 0 Å². The molecule has 0 bridgehead atoms. The van der Waals surface area contributed by atoms with Crippen LogP contribution in [0.3, 0.4) is 0 Å². The molecular formula is C21H40S. The van der Waals surface area contributed by atoms with Crippen LogP contribution in [0.5, 0.6) is 0 Å². The summed E-state index contributed by atoms with van der Waals surface area (Å²) in [6.45, 7) is 24.3. The molecule has 1 rings (SSSR count). The molecule has 1 aliphatic rings. The Morgan fingerprint density at radius 2 is 1.18 bits per heavy atom. The molecule has 0 spiro atoms. The number of rotatable bonds is 3. The molecular weight excluding hydrogens is 284 g/mol. The molecule has 0 amide bonds. The highest BCUT2D eigenvalue weighted by Gasteiger charge is 2.20. The highest BCUT2D eigenvalue weighted by Crippen LogP contribution is 2.39. The van der Waals surface area contributed by atoms with Crippen molar-refractivity contribution in [1.82, 2.24) is 0 Å². The van der Waals surface area contributed by atoms with Crippen LogP contribution in [0, 0.1) is 23.7 Å². The lowest BCUT2D eigenvalue weighted by molar-refractivity contribution is 0.679. The summed E-state index contributed by atoms with van der Waals surface area (Å²) in [5, 5.41) is 2.22. The van der Waals surface area contributed by atoms with Crippen LogP contribution in [-0.2, 0) is 0 Å². The van der Waals surface area contributed by atoms with Crippen molar-refractivity contribution in [2.45, 2.75) is 76.2 Å². The predicted octanol–water partition coefficient (Wildman–Crippen LogP) is 8.08. The molecule has 0 fully saturated rings. The molecule has 0 unspecified atom stereocenters. The van der Waals surface area contributed by atoms with Gasteiger partial charge in [-0.05, 0) is 45.1 Å². The average molecular weight is 325 g/mol. The molecule has 130 valence electrons. The topological polar surface area (TPSA) is 0 Å². The van der Waals surface area contributed by atoms with Crippen molar-refractivity contribution in [2.75, 3.05) is 0 Å². The van der Waals surface area contributed by atoms with Crippen molar-refractivity contribution in [2.24, 2.45) is 23.7 Å². The fourth-order valence-corrected chi connectivity index (χ4v) is 3.18. The second-order valence-electron chi connectivity index (χ2n) is 7.04. The van der Waals surface area contributed by atoms with Gasteiger partial charge in [0.2, 0.25) is 0 Å². The quantitative estimate of drug-likeness (QED) is 0.505. The molecule has 0 radical (unpaired) electrons. The van der Waals surface area contributed by atoms with Gasteiger partial charge in [0, 0.05) is 0 Å². The van der Waals surface area contributed by atoms with Crippen LogP contribution >= 0.6 is 11.8 Å². The van der Waals surface area contributed by atoms with E-state index in [9.17, 15) is 0 Å². The Hall–Kier alpha value is -0.430. The average Bonchev–Trinajstić information content (AvgIpc) is 2.62. The van der Waals surface area contributed by atoms with Crippen LogP contribution in [-0.4, -0.2) is 0 Å². The number of allylic oxidation sites excluding steroid dienone is 5. The van der Waals surface area contributed by atoms with E-state index in [2.05, 4.69) is 79.9 Å². The van der Waals surface area contributed by atoms with E-state index < -0.39 is 0 Å². The van der Waals surface area contributed by atoms with Gasteiger partial charge in [0.1, 0.15) is 0 Å². The van der Waals surface area contributed by atoms with Crippen LogP contribution in [0.1, 0.15) is 76.2 Å². The summed E-state index contributed by atoms with van der Waals surface area (Å²) in [5.41, 5.74) is 3.08. The first kappa shape index (κ1) is 23.8. The minimum atomic E-state index is 0.606. The molecule has 0 saturated heterocycles. The molecule has 0 aromatic rings. The van der Waals surface area contributed by atoms with Crippen molar-refractivity contribution < 1.29 is 0 Å². The van der Waals surface area contributed by atoms with Gasteiger partial charge in [0.05, 0.1) is 0 Å². The van der Waals surface area contributed by atoms with Crippen LogP contribution in [0.15, 0.2) is 33.6 Å². The molecule has 0 nitrogen and oxygen atoms in total. The molecule has 0 atom stereocenters. The third kappa shape index (κ3) is 9.56. The van der Waals surface area contributed by atoms with E-state index in [-0.39, 0.29) is 0 Å². The second-order valence-corrected chi connectivity index (χ2v) is 7.99. The first-order valence-electron chi connectivity index (χ1n) is 8.96. The summed E-state index contributed by atoms with van der Waals surface area (Å²) in [5.74, 6) is 2.67. The third-order valence-corrected chi connectivity index (χ3v) is 4.09. The van der Waals surface area contributed by atoms with Crippen molar-refractivity contribution in [1.29, 1.82) is 0 Å². The molecule has 0 N–H and O–H groups in total. The molecule has 0 saturated carbocycles. The number of hydrogen-bond donors (Lipinski definition) is 0. The zero-order valence-corrected chi connectivity index (χ0v) is 17.8. The van der Waals surface area contributed by atoms with Gasteiger partial charge < -0.3 is 0 Å². The van der Waals surface area contributed by atoms with Crippen molar-refractivity contribution in [3.8, 4) is 0 Å². The fraction of sp³-hybridized carbons (Fsp3) is 0.714. The number of thioether (sulfide) groups is 1. The highest BCUT2D eigenvalue weighted by molar-refractivity contribution is 8.05. The Kier molecular flexibility index (Phi) is 14.1. The van der Waals surface area contributed by atoms with Gasteiger partial charge >= 0.3 is 0 Å². The lowest BCUT2D eigenvalue weighted by Crippen LogP contribution is -2.08. The molecule has 0 aliphatic carbocycles. The zero-order valence-electron chi connectivity index (χ0n) is 16.9. The van der Waals surface area contributed by atoms with Gasteiger partial charge in [-0.15, -0.1) is 11.8 Å². The Labute approximate surface area is 145 Å². The summed E-state index contributed by atoms with van der Waals surface area (Å²) in [6, 6.07) is 0. The first-order valence-corrected chi connectivity index (χ1v) is 9.84. The standard InChI is InChI=1S/C15H24S.C4H10.C2H6/c1-10(2)13-8-7-9-16-15(12(5)6)14(13)11(3)4;1-4(2)3;1-2/h7-12H,1-6H3;4H,1-3H3;1-2H3. The van der Waals surface area contributed by atoms with E-state index in [0.29, 0.717) is 17.8 Å². The molecule has 22 heavy (non-hydrogen) atoms. The van der Waals surface area contributed by atoms with Gasteiger partial charge in [-0.3, -0.25) is 0 Å². The smallest absolute Gasteiger partial charge is 0.00454 e. The Bertz CT molecular complexity index is 363. The van der Waals surface area contributed by atoms with E-state index in [0.717, 1.165) is 5.92 Å². The van der Waals surface area contributed by atoms with Gasteiger partial charge in [-0.2, -0.15) is 0 Å². The summed E-state index contributed by atoms with van der Waals surface area (Å²) >= 11 is 1.90. The minimum absolute atomic E-state index is 0.606. The van der Waals surface area contributed by atoms with Crippen LogP contribution in [0.25, 0.3) is 0 Å². The zero-order chi connectivity index (χ0) is 17.9. The first-order chi connectivity index (χ1) is 10.2. The second kappa shape index (κ2) is 13.0. The van der Waals surface area contributed by atoms with Gasteiger partial charge in [-0.25, -0.2) is 0 Å². The Balaban J connectivity index is 0. The normalized spacial score (nSPS) is 14.6. The van der Waals surface area contributed by atoms with Crippen molar-refractivity contribution in [3.63, 3.8) is 0 Å². The van der Waals surface area contributed by atoms with E-state index in [4.69, 9.17) is 0 Å². The van der Waals surface area contributed by atoms with Gasteiger partial charge in [-0.1, -0.05) is 88.3 Å². The van der Waals surface area contributed by atoms with Gasteiger partial charge in [0.25, 0.3) is 0 Å².